The molecule has 1 heterocycles. The first-order valence-corrected chi connectivity index (χ1v) is 6.37. The zero-order chi connectivity index (χ0) is 14.5. The Bertz CT molecular complexity index is 422. The number of thiazole rings is 1. The highest BCUT2D eigenvalue weighted by atomic mass is 32.1. The molecule has 0 aliphatic carbocycles. The van der Waals surface area contributed by atoms with Crippen LogP contribution in [0.5, 0.6) is 0 Å². The lowest BCUT2D eigenvalue weighted by molar-refractivity contribution is -0.140. The second-order valence-electron chi connectivity index (χ2n) is 3.86. The third-order valence-corrected chi connectivity index (χ3v) is 3.03. The van der Waals surface area contributed by atoms with Crippen LogP contribution in [-0.2, 0) is 12.7 Å². The van der Waals surface area contributed by atoms with E-state index in [2.05, 4.69) is 15.6 Å². The smallest absolute Gasteiger partial charge is 0.396 e. The van der Waals surface area contributed by atoms with Crippen LogP contribution in [0.15, 0.2) is 5.38 Å². The average molecular weight is 297 g/mol. The molecule has 5 nitrogen and oxygen atoms in total. The number of halogens is 3. The van der Waals surface area contributed by atoms with E-state index >= 15 is 0 Å². The number of carbonyl (C=O) groups is 1. The molecule has 1 aromatic rings. The van der Waals surface area contributed by atoms with Gasteiger partial charge in [-0.3, -0.25) is 0 Å². The minimum atomic E-state index is -4.47. The van der Waals surface area contributed by atoms with Crippen LogP contribution < -0.4 is 10.6 Å². The number of hydrogen-bond donors (Lipinski definition) is 3. The topological polar surface area (TPSA) is 74.2 Å². The van der Waals surface area contributed by atoms with E-state index in [4.69, 9.17) is 5.11 Å². The van der Waals surface area contributed by atoms with Crippen molar-refractivity contribution in [2.75, 3.05) is 6.61 Å². The van der Waals surface area contributed by atoms with Crippen molar-refractivity contribution in [1.82, 2.24) is 15.6 Å². The second kappa shape index (κ2) is 6.71. The third-order valence-electron chi connectivity index (χ3n) is 2.18. The van der Waals surface area contributed by atoms with Crippen LogP contribution in [0.25, 0.3) is 0 Å². The van der Waals surface area contributed by atoms with E-state index in [9.17, 15) is 18.0 Å². The van der Waals surface area contributed by atoms with Crippen molar-refractivity contribution in [3.8, 4) is 0 Å². The molecule has 0 aliphatic heterocycles. The van der Waals surface area contributed by atoms with Gasteiger partial charge in [0, 0.05) is 18.0 Å². The van der Waals surface area contributed by atoms with Crippen LogP contribution in [-0.4, -0.2) is 28.8 Å². The Morgan fingerprint density at radius 1 is 1.58 bits per heavy atom. The van der Waals surface area contributed by atoms with Crippen molar-refractivity contribution in [1.29, 1.82) is 0 Å². The van der Waals surface area contributed by atoms with Crippen molar-refractivity contribution in [2.24, 2.45) is 0 Å². The lowest BCUT2D eigenvalue weighted by Crippen LogP contribution is -2.40. The van der Waals surface area contributed by atoms with Crippen LogP contribution in [0, 0.1) is 0 Å². The fourth-order valence-corrected chi connectivity index (χ4v) is 1.96. The fraction of sp³-hybridized carbons (Fsp3) is 0.600. The minimum absolute atomic E-state index is 0.0527. The molecule has 0 aliphatic rings. The summed E-state index contributed by atoms with van der Waals surface area (Å²) in [4.78, 5) is 14.7. The number of aromatic nitrogens is 1. The molecule has 0 aromatic carbocycles. The Morgan fingerprint density at radius 2 is 2.26 bits per heavy atom. The van der Waals surface area contributed by atoms with Crippen molar-refractivity contribution in [3.63, 3.8) is 0 Å². The van der Waals surface area contributed by atoms with Crippen molar-refractivity contribution in [2.45, 2.75) is 32.1 Å². The molecule has 0 unspecified atom stereocenters. The number of rotatable bonds is 5. The summed E-state index contributed by atoms with van der Waals surface area (Å²) >= 11 is 0.834. The zero-order valence-electron chi connectivity index (χ0n) is 10.1. The summed E-state index contributed by atoms with van der Waals surface area (Å²) < 4.78 is 36.8. The summed E-state index contributed by atoms with van der Waals surface area (Å²) in [5.74, 6) is 0. The van der Waals surface area contributed by atoms with Crippen LogP contribution in [0.1, 0.15) is 24.0 Å². The van der Waals surface area contributed by atoms with Crippen LogP contribution in [0.3, 0.4) is 0 Å². The highest BCUT2D eigenvalue weighted by Gasteiger charge is 2.33. The van der Waals surface area contributed by atoms with Gasteiger partial charge in [-0.25, -0.2) is 9.78 Å². The predicted molar refractivity (Wildman–Crippen MR) is 63.7 cm³/mol. The number of hydrogen-bond acceptors (Lipinski definition) is 4. The van der Waals surface area contributed by atoms with Crippen LogP contribution >= 0.6 is 11.3 Å². The van der Waals surface area contributed by atoms with Gasteiger partial charge in [-0.05, 0) is 13.3 Å². The van der Waals surface area contributed by atoms with Crippen molar-refractivity contribution >= 4 is 17.4 Å². The van der Waals surface area contributed by atoms with Gasteiger partial charge in [-0.15, -0.1) is 11.3 Å². The summed E-state index contributed by atoms with van der Waals surface area (Å²) in [5.41, 5.74) is -0.955. The maximum atomic E-state index is 12.3. The third kappa shape index (κ3) is 5.43. The summed E-state index contributed by atoms with van der Waals surface area (Å²) in [6.07, 6.45) is -4.06. The van der Waals surface area contributed by atoms with Crippen LogP contribution in [0.2, 0.25) is 0 Å². The van der Waals surface area contributed by atoms with E-state index in [0.717, 1.165) is 16.7 Å². The molecule has 9 heteroatoms. The fourth-order valence-electron chi connectivity index (χ4n) is 1.22. The van der Waals surface area contributed by atoms with Gasteiger partial charge in [0.2, 0.25) is 0 Å². The molecule has 0 saturated heterocycles. The number of carbonyl (C=O) groups excluding carboxylic acids is 1. The molecular formula is C10H14F3N3O2S. The van der Waals surface area contributed by atoms with Crippen molar-refractivity contribution in [3.05, 3.63) is 16.1 Å². The number of aliphatic hydroxyl groups excluding tert-OH is 1. The van der Waals surface area contributed by atoms with Crippen molar-refractivity contribution < 1.29 is 23.1 Å². The number of nitrogens with one attached hydrogen (secondary N) is 2. The number of nitrogens with zero attached hydrogens (tertiary/aromatic N) is 1. The molecule has 1 atom stereocenters. The summed E-state index contributed by atoms with van der Waals surface area (Å²) in [6.45, 7) is 1.59. The normalized spacial score (nSPS) is 13.1. The van der Waals surface area contributed by atoms with E-state index < -0.39 is 17.9 Å². The van der Waals surface area contributed by atoms with E-state index in [1.54, 1.807) is 6.92 Å². The number of alkyl halides is 3. The molecule has 2 amide bonds. The molecule has 108 valence electrons. The maximum absolute atomic E-state index is 12.3. The number of urea groups is 1. The molecule has 3 N–H and O–H groups in total. The van der Waals surface area contributed by atoms with Gasteiger partial charge in [-0.2, -0.15) is 13.2 Å². The van der Waals surface area contributed by atoms with Gasteiger partial charge >= 0.3 is 12.2 Å². The first kappa shape index (κ1) is 15.7. The Balaban J connectivity index is 2.40. The van der Waals surface area contributed by atoms with Gasteiger partial charge in [0.25, 0.3) is 0 Å². The largest absolute Gasteiger partial charge is 0.434 e. The van der Waals surface area contributed by atoms with E-state index in [1.165, 1.54) is 0 Å². The van der Waals surface area contributed by atoms with E-state index in [1.807, 2.05) is 0 Å². The Kier molecular flexibility index (Phi) is 5.55. The van der Waals surface area contributed by atoms with E-state index in [0.29, 0.717) is 6.42 Å². The highest BCUT2D eigenvalue weighted by Crippen LogP contribution is 2.29. The lowest BCUT2D eigenvalue weighted by Gasteiger charge is -2.12. The quantitative estimate of drug-likeness (QED) is 0.775. The first-order chi connectivity index (χ1) is 8.82. The standard InChI is InChI=1S/C10H14F3N3O2S/c1-6(2-3-17)15-9(18)14-4-8-16-7(5-19-8)10(11,12)13/h5-6,17H,2-4H2,1H3,(H2,14,15,18)/t6-/m1/s1. The minimum Gasteiger partial charge on any atom is -0.396 e. The molecule has 1 rings (SSSR count). The van der Waals surface area contributed by atoms with Gasteiger partial charge in [0.05, 0.1) is 6.54 Å². The van der Waals surface area contributed by atoms with Crippen LogP contribution in [0.4, 0.5) is 18.0 Å². The number of aliphatic hydroxyl groups is 1. The monoisotopic (exact) mass is 297 g/mol. The Morgan fingerprint density at radius 3 is 2.79 bits per heavy atom. The summed E-state index contributed by atoms with van der Waals surface area (Å²) in [5, 5.41) is 14.7. The second-order valence-corrected chi connectivity index (χ2v) is 4.81. The van der Waals surface area contributed by atoms with Gasteiger partial charge in [-0.1, -0.05) is 0 Å². The first-order valence-electron chi connectivity index (χ1n) is 5.49. The summed E-state index contributed by atoms with van der Waals surface area (Å²) in [7, 11) is 0. The zero-order valence-corrected chi connectivity index (χ0v) is 10.9. The average Bonchev–Trinajstić information content (AvgIpc) is 2.74. The number of amides is 2. The van der Waals surface area contributed by atoms with Gasteiger partial charge < -0.3 is 15.7 Å². The molecule has 0 radical (unpaired) electrons. The SMILES string of the molecule is C[C@H](CCO)NC(=O)NCc1nc(C(F)(F)F)cs1. The molecular weight excluding hydrogens is 283 g/mol. The molecule has 0 fully saturated rings. The van der Waals surface area contributed by atoms with E-state index in [-0.39, 0.29) is 24.2 Å². The predicted octanol–water partition coefficient (Wildman–Crippen LogP) is 1.73. The highest BCUT2D eigenvalue weighted by molar-refractivity contribution is 7.09. The lowest BCUT2D eigenvalue weighted by atomic mass is 10.2. The molecule has 0 bridgehead atoms. The molecule has 19 heavy (non-hydrogen) atoms. The Labute approximate surface area is 111 Å². The molecule has 0 saturated carbocycles. The Hall–Kier alpha value is -1.35. The molecule has 0 spiro atoms. The summed E-state index contributed by atoms with van der Waals surface area (Å²) in [6, 6.07) is -0.725. The maximum Gasteiger partial charge on any atom is 0.434 e. The molecule has 1 aromatic heterocycles. The van der Waals surface area contributed by atoms with Gasteiger partial charge in [0.15, 0.2) is 5.69 Å². The van der Waals surface area contributed by atoms with Gasteiger partial charge in [0.1, 0.15) is 5.01 Å².